The smallest absolute Gasteiger partial charge is 0.264 e. The van der Waals surface area contributed by atoms with Gasteiger partial charge in [0.1, 0.15) is 5.82 Å². The van der Waals surface area contributed by atoms with Crippen LogP contribution in [0.4, 0.5) is 15.8 Å². The normalized spacial score (nSPS) is 15.6. The molecule has 1 N–H and O–H groups in total. The SMILES string of the molecule is C[C@@H]1Cc2cc(C(=O)Nc3ccc(Cl)c(Cl)c3)ccc2N1S(=O)(=O)c1ccc(F)cc1. The number of hydrogen-bond acceptors (Lipinski definition) is 3. The summed E-state index contributed by atoms with van der Waals surface area (Å²) in [5.74, 6) is -0.861. The molecule has 9 heteroatoms. The summed E-state index contributed by atoms with van der Waals surface area (Å²) in [6.07, 6.45) is 0.448. The maximum absolute atomic E-state index is 13.2. The van der Waals surface area contributed by atoms with Gasteiger partial charge in [-0.3, -0.25) is 9.10 Å². The molecule has 0 unspecified atom stereocenters. The lowest BCUT2D eigenvalue weighted by Gasteiger charge is -2.24. The zero-order chi connectivity index (χ0) is 22.3. The highest BCUT2D eigenvalue weighted by Gasteiger charge is 2.36. The van der Waals surface area contributed by atoms with Gasteiger partial charge in [0.2, 0.25) is 0 Å². The Labute approximate surface area is 189 Å². The van der Waals surface area contributed by atoms with Crippen molar-refractivity contribution in [2.24, 2.45) is 0 Å². The number of rotatable bonds is 4. The lowest BCUT2D eigenvalue weighted by Crippen LogP contribution is -2.35. The number of fused-ring (bicyclic) bond motifs is 1. The molecule has 160 valence electrons. The summed E-state index contributed by atoms with van der Waals surface area (Å²) in [5.41, 5.74) is 2.12. The summed E-state index contributed by atoms with van der Waals surface area (Å²) in [7, 11) is -3.87. The number of carbonyl (C=O) groups excluding carboxylic acids is 1. The molecule has 0 radical (unpaired) electrons. The van der Waals surface area contributed by atoms with Crippen molar-refractivity contribution in [1.82, 2.24) is 0 Å². The van der Waals surface area contributed by atoms with Crippen LogP contribution in [-0.4, -0.2) is 20.4 Å². The Morgan fingerprint density at radius 1 is 1.03 bits per heavy atom. The fourth-order valence-electron chi connectivity index (χ4n) is 3.61. The zero-order valence-electron chi connectivity index (χ0n) is 16.3. The van der Waals surface area contributed by atoms with E-state index in [9.17, 15) is 17.6 Å². The van der Waals surface area contributed by atoms with Crippen molar-refractivity contribution in [2.75, 3.05) is 9.62 Å². The highest BCUT2D eigenvalue weighted by atomic mass is 35.5. The molecule has 0 fully saturated rings. The van der Waals surface area contributed by atoms with Gasteiger partial charge in [0.25, 0.3) is 15.9 Å². The van der Waals surface area contributed by atoms with Crippen LogP contribution in [0.15, 0.2) is 65.6 Å². The average Bonchev–Trinajstić information content (AvgIpc) is 3.06. The molecule has 3 aromatic carbocycles. The number of halogens is 3. The minimum Gasteiger partial charge on any atom is -0.322 e. The van der Waals surface area contributed by atoms with E-state index < -0.39 is 15.8 Å². The minimum absolute atomic E-state index is 0.00929. The first-order valence-corrected chi connectivity index (χ1v) is 11.6. The molecule has 0 aliphatic carbocycles. The Bertz CT molecular complexity index is 1280. The second kappa shape index (κ2) is 8.15. The number of sulfonamides is 1. The van der Waals surface area contributed by atoms with Gasteiger partial charge in [0.05, 0.1) is 20.6 Å². The number of nitrogens with zero attached hydrogens (tertiary/aromatic N) is 1. The maximum atomic E-state index is 13.2. The Morgan fingerprint density at radius 2 is 1.74 bits per heavy atom. The molecule has 0 saturated heterocycles. The Morgan fingerprint density at radius 3 is 2.42 bits per heavy atom. The molecule has 0 saturated carbocycles. The molecule has 1 heterocycles. The first-order valence-electron chi connectivity index (χ1n) is 9.36. The van der Waals surface area contributed by atoms with Gasteiger partial charge in [-0.1, -0.05) is 23.2 Å². The van der Waals surface area contributed by atoms with E-state index in [2.05, 4.69) is 5.32 Å². The van der Waals surface area contributed by atoms with Gasteiger partial charge in [-0.05, 0) is 79.6 Å². The van der Waals surface area contributed by atoms with E-state index in [0.717, 1.165) is 17.7 Å². The highest BCUT2D eigenvalue weighted by molar-refractivity contribution is 7.92. The van der Waals surface area contributed by atoms with E-state index in [4.69, 9.17) is 23.2 Å². The van der Waals surface area contributed by atoms with E-state index in [1.165, 1.54) is 16.4 Å². The standard InChI is InChI=1S/C22H17Cl2FN2O3S/c1-13-10-15-11-14(22(28)26-17-5-8-19(23)20(24)12-17)2-9-21(15)27(13)31(29,30)18-6-3-16(25)4-7-18/h2-9,11-13H,10H2,1H3,(H,26,28)/t13-/m1/s1. The minimum atomic E-state index is -3.87. The molecule has 4 rings (SSSR count). The molecule has 0 spiro atoms. The first kappa shape index (κ1) is 21.6. The van der Waals surface area contributed by atoms with E-state index >= 15 is 0 Å². The number of anilines is 2. The average molecular weight is 479 g/mol. The molecule has 5 nitrogen and oxygen atoms in total. The van der Waals surface area contributed by atoms with Gasteiger partial charge in [-0.25, -0.2) is 12.8 Å². The summed E-state index contributed by atoms with van der Waals surface area (Å²) in [6.45, 7) is 1.79. The van der Waals surface area contributed by atoms with Crippen LogP contribution in [0.2, 0.25) is 10.0 Å². The van der Waals surface area contributed by atoms with Crippen molar-refractivity contribution in [3.05, 3.63) is 87.7 Å². The summed E-state index contributed by atoms with van der Waals surface area (Å²) >= 11 is 11.9. The molecule has 1 amide bonds. The molecule has 1 aliphatic heterocycles. The predicted molar refractivity (Wildman–Crippen MR) is 120 cm³/mol. The van der Waals surface area contributed by atoms with Gasteiger partial charge in [-0.15, -0.1) is 0 Å². The maximum Gasteiger partial charge on any atom is 0.264 e. The lowest BCUT2D eigenvalue weighted by atomic mass is 10.1. The van der Waals surface area contributed by atoms with Crippen LogP contribution in [0.1, 0.15) is 22.8 Å². The van der Waals surface area contributed by atoms with Crippen LogP contribution >= 0.6 is 23.2 Å². The summed E-state index contributed by atoms with van der Waals surface area (Å²) in [4.78, 5) is 12.7. The van der Waals surface area contributed by atoms with Crippen molar-refractivity contribution < 1.29 is 17.6 Å². The molecular formula is C22H17Cl2FN2O3S. The van der Waals surface area contributed by atoms with Crippen LogP contribution in [0.25, 0.3) is 0 Å². The van der Waals surface area contributed by atoms with Gasteiger partial charge in [0.15, 0.2) is 0 Å². The molecule has 0 aromatic heterocycles. The fraction of sp³-hybridized carbons (Fsp3) is 0.136. The first-order chi connectivity index (χ1) is 14.7. The summed E-state index contributed by atoms with van der Waals surface area (Å²) < 4.78 is 40.8. The monoisotopic (exact) mass is 478 g/mol. The molecule has 1 aliphatic rings. The number of benzene rings is 3. The van der Waals surface area contributed by atoms with Crippen LogP contribution in [0.5, 0.6) is 0 Å². The van der Waals surface area contributed by atoms with Crippen molar-refractivity contribution >= 4 is 50.5 Å². The fourth-order valence-corrected chi connectivity index (χ4v) is 5.60. The second-order valence-electron chi connectivity index (χ2n) is 7.23. The van der Waals surface area contributed by atoms with Crippen LogP contribution in [-0.2, 0) is 16.4 Å². The molecular weight excluding hydrogens is 462 g/mol. The number of hydrogen-bond donors (Lipinski definition) is 1. The van der Waals surface area contributed by atoms with Crippen LogP contribution in [0.3, 0.4) is 0 Å². The molecule has 31 heavy (non-hydrogen) atoms. The number of carbonyl (C=O) groups is 1. The van der Waals surface area contributed by atoms with E-state index in [0.29, 0.717) is 33.4 Å². The third-order valence-corrected chi connectivity index (χ3v) is 7.72. The summed E-state index contributed by atoms with van der Waals surface area (Å²) in [5, 5.41) is 3.46. The van der Waals surface area contributed by atoms with E-state index in [-0.39, 0.29) is 16.8 Å². The largest absolute Gasteiger partial charge is 0.322 e. The highest BCUT2D eigenvalue weighted by Crippen LogP contribution is 2.37. The van der Waals surface area contributed by atoms with Crippen molar-refractivity contribution in [1.29, 1.82) is 0 Å². The molecule has 0 bridgehead atoms. The van der Waals surface area contributed by atoms with Gasteiger partial charge in [-0.2, -0.15) is 0 Å². The third kappa shape index (κ3) is 4.13. The molecule has 3 aromatic rings. The van der Waals surface area contributed by atoms with Crippen molar-refractivity contribution in [3.63, 3.8) is 0 Å². The Kier molecular flexibility index (Phi) is 5.68. The lowest BCUT2D eigenvalue weighted by molar-refractivity contribution is 0.102. The van der Waals surface area contributed by atoms with Crippen molar-refractivity contribution in [2.45, 2.75) is 24.3 Å². The quantitative estimate of drug-likeness (QED) is 0.536. The molecule has 1 atom stereocenters. The predicted octanol–water partition coefficient (Wildman–Crippen LogP) is 5.52. The third-order valence-electron chi connectivity index (χ3n) is 5.04. The second-order valence-corrected chi connectivity index (χ2v) is 9.86. The Balaban J connectivity index is 1.62. The topological polar surface area (TPSA) is 66.5 Å². The van der Waals surface area contributed by atoms with Crippen molar-refractivity contribution in [3.8, 4) is 0 Å². The van der Waals surface area contributed by atoms with Crippen LogP contribution in [0, 0.1) is 5.82 Å². The van der Waals surface area contributed by atoms with Gasteiger partial charge >= 0.3 is 0 Å². The van der Waals surface area contributed by atoms with Gasteiger partial charge < -0.3 is 5.32 Å². The zero-order valence-corrected chi connectivity index (χ0v) is 18.6. The van der Waals surface area contributed by atoms with E-state index in [1.807, 2.05) is 0 Å². The van der Waals surface area contributed by atoms with Gasteiger partial charge in [0, 0.05) is 17.3 Å². The van der Waals surface area contributed by atoms with E-state index in [1.54, 1.807) is 43.3 Å². The Hall–Kier alpha value is -2.61. The summed E-state index contributed by atoms with van der Waals surface area (Å²) in [6, 6.07) is 14.0. The number of nitrogens with one attached hydrogen (secondary N) is 1. The van der Waals surface area contributed by atoms with Crippen LogP contribution < -0.4 is 9.62 Å². The number of amides is 1.